The molecule has 0 saturated carbocycles. The van der Waals surface area contributed by atoms with Crippen molar-refractivity contribution < 1.29 is 30.0 Å². The zero-order valence-corrected chi connectivity index (χ0v) is 7.21. The Morgan fingerprint density at radius 1 is 0.833 bits per heavy atom. The molecule has 8 heteroatoms. The maximum atomic E-state index is 9.77. The number of hydrogen-bond donors (Lipinski definition) is 4. The van der Waals surface area contributed by atoms with E-state index in [9.17, 15) is 9.59 Å². The summed E-state index contributed by atoms with van der Waals surface area (Å²) in [5, 5.41) is 32.5. The summed E-state index contributed by atoms with van der Waals surface area (Å²) in [4.78, 5) is 19.5. The van der Waals surface area contributed by atoms with E-state index in [-0.39, 0.29) is 24.8 Å². The molecule has 2 unspecified atom stereocenters. The third-order valence-electron chi connectivity index (χ3n) is 0.805. The van der Waals surface area contributed by atoms with Gasteiger partial charge in [-0.2, -0.15) is 0 Å². The van der Waals surface area contributed by atoms with Gasteiger partial charge in [0.15, 0.2) is 12.2 Å². The fraction of sp³-hybridized carbons (Fsp3) is 0.500. The van der Waals surface area contributed by atoms with Gasteiger partial charge >= 0.3 is 11.9 Å². The Hall–Kier alpha value is -0.560. The van der Waals surface area contributed by atoms with Crippen LogP contribution in [0.25, 0.3) is 0 Å². The van der Waals surface area contributed by atoms with Crippen molar-refractivity contribution in [2.45, 2.75) is 12.2 Å². The van der Waals surface area contributed by atoms with Gasteiger partial charge in [-0.15, -0.1) is 24.8 Å². The van der Waals surface area contributed by atoms with E-state index >= 15 is 0 Å². The second kappa shape index (κ2) is 7.11. The van der Waals surface area contributed by atoms with Gasteiger partial charge in [0, 0.05) is 0 Å². The molecule has 0 radical (unpaired) electrons. The van der Waals surface area contributed by atoms with E-state index in [0.717, 1.165) is 0 Å². The molecule has 0 fully saturated rings. The quantitative estimate of drug-likeness (QED) is 0.473. The van der Waals surface area contributed by atoms with Crippen LogP contribution in [-0.4, -0.2) is 44.6 Å². The van der Waals surface area contributed by atoms with E-state index < -0.39 is 24.1 Å². The molecule has 0 heterocycles. The number of aliphatic hydroxyl groups is 2. The Kier molecular flexibility index (Phi) is 10.4. The third kappa shape index (κ3) is 5.14. The highest BCUT2D eigenvalue weighted by atomic mass is 35.5. The fourth-order valence-corrected chi connectivity index (χ4v) is 0.270. The van der Waals surface area contributed by atoms with Gasteiger partial charge in [-0.25, -0.2) is 9.59 Å². The van der Waals surface area contributed by atoms with Crippen LogP contribution in [0.5, 0.6) is 0 Å². The van der Waals surface area contributed by atoms with E-state index in [1.807, 2.05) is 0 Å². The van der Waals surface area contributed by atoms with E-state index in [1.54, 1.807) is 0 Å². The van der Waals surface area contributed by atoms with Crippen molar-refractivity contribution in [3.63, 3.8) is 0 Å². The second-order valence-corrected chi connectivity index (χ2v) is 1.57. The lowest BCUT2D eigenvalue weighted by molar-refractivity contribution is -0.165. The Morgan fingerprint density at radius 2 is 1.00 bits per heavy atom. The first-order chi connectivity index (χ1) is 4.46. The van der Waals surface area contributed by atoms with Crippen molar-refractivity contribution in [3.05, 3.63) is 0 Å². The number of aliphatic hydroxyl groups excluding tert-OH is 2. The molecule has 2 atom stereocenters. The van der Waals surface area contributed by atoms with E-state index in [1.165, 1.54) is 0 Å². The number of carbonyl (C=O) groups is 2. The average Bonchev–Trinajstić information content (AvgIpc) is 1.84. The van der Waals surface area contributed by atoms with Crippen molar-refractivity contribution in [1.29, 1.82) is 0 Å². The monoisotopic (exact) mass is 222 g/mol. The van der Waals surface area contributed by atoms with Gasteiger partial charge in [-0.05, 0) is 0 Å². The van der Waals surface area contributed by atoms with Crippen LogP contribution in [0.1, 0.15) is 0 Å². The molecule has 0 aliphatic heterocycles. The van der Waals surface area contributed by atoms with Gasteiger partial charge in [-0.1, -0.05) is 0 Å². The largest absolute Gasteiger partial charge is 0.479 e. The summed E-state index contributed by atoms with van der Waals surface area (Å²) < 4.78 is 0. The Morgan fingerprint density at radius 3 is 1.08 bits per heavy atom. The lowest BCUT2D eigenvalue weighted by Crippen LogP contribution is -2.39. The van der Waals surface area contributed by atoms with E-state index in [4.69, 9.17) is 20.4 Å². The molecule has 74 valence electrons. The molecule has 4 N–H and O–H groups in total. The summed E-state index contributed by atoms with van der Waals surface area (Å²) in [6, 6.07) is 0. The van der Waals surface area contributed by atoms with Crippen LogP contribution in [0.4, 0.5) is 0 Å². The molecule has 0 rings (SSSR count). The zero-order valence-electron chi connectivity index (χ0n) is 5.58. The van der Waals surface area contributed by atoms with Crippen LogP contribution >= 0.6 is 24.8 Å². The summed E-state index contributed by atoms with van der Waals surface area (Å²) in [6.07, 6.45) is -4.53. The molecule has 0 spiro atoms. The van der Waals surface area contributed by atoms with Crippen molar-refractivity contribution in [2.24, 2.45) is 0 Å². The molecule has 0 aromatic rings. The van der Waals surface area contributed by atoms with Crippen LogP contribution in [0.3, 0.4) is 0 Å². The van der Waals surface area contributed by atoms with Crippen LogP contribution in [0.2, 0.25) is 0 Å². The number of aliphatic carboxylic acids is 2. The lowest BCUT2D eigenvalue weighted by Gasteiger charge is -2.07. The molecule has 0 aliphatic rings. The van der Waals surface area contributed by atoms with Crippen molar-refractivity contribution >= 4 is 36.8 Å². The zero-order chi connectivity index (χ0) is 8.31. The maximum Gasteiger partial charge on any atom is 0.335 e. The highest BCUT2D eigenvalue weighted by Crippen LogP contribution is 1.92. The number of carboxylic acids is 2. The van der Waals surface area contributed by atoms with Gasteiger partial charge in [0.2, 0.25) is 0 Å². The summed E-state index contributed by atoms with van der Waals surface area (Å²) in [5.74, 6) is -3.54. The van der Waals surface area contributed by atoms with Crippen LogP contribution in [0, 0.1) is 0 Å². The van der Waals surface area contributed by atoms with Gasteiger partial charge < -0.3 is 20.4 Å². The third-order valence-corrected chi connectivity index (χ3v) is 0.805. The van der Waals surface area contributed by atoms with E-state index in [0.29, 0.717) is 0 Å². The highest BCUT2D eigenvalue weighted by molar-refractivity contribution is 5.85. The smallest absolute Gasteiger partial charge is 0.335 e. The summed E-state index contributed by atoms with van der Waals surface area (Å²) in [6.45, 7) is 0. The number of carboxylic acid groups (broad SMARTS) is 2. The number of halogens is 2. The van der Waals surface area contributed by atoms with Gasteiger partial charge in [0.05, 0.1) is 0 Å². The van der Waals surface area contributed by atoms with Gasteiger partial charge in [0.25, 0.3) is 0 Å². The minimum atomic E-state index is -2.27. The standard InChI is InChI=1S/C4H6O6.2ClH/c5-1(3(7)8)2(6)4(9)10;;/h1-2,5-6H,(H,7,8)(H,9,10);2*1H. The molecule has 0 saturated heterocycles. The minimum absolute atomic E-state index is 0. The predicted octanol–water partition coefficient (Wildman–Crippen LogP) is -1.28. The topological polar surface area (TPSA) is 115 Å². The normalized spacial score (nSPS) is 13.2. The minimum Gasteiger partial charge on any atom is -0.479 e. The van der Waals surface area contributed by atoms with Crippen LogP contribution < -0.4 is 0 Å². The molecule has 6 nitrogen and oxygen atoms in total. The predicted molar refractivity (Wildman–Crippen MR) is 41.8 cm³/mol. The lowest BCUT2D eigenvalue weighted by atomic mass is 10.2. The summed E-state index contributed by atoms with van der Waals surface area (Å²) in [7, 11) is 0. The first kappa shape index (κ1) is 17.5. The molecule has 0 aliphatic carbocycles. The van der Waals surface area contributed by atoms with Gasteiger partial charge in [0.1, 0.15) is 0 Å². The second-order valence-electron chi connectivity index (χ2n) is 1.57. The molecule has 0 aromatic heterocycles. The molecule has 0 amide bonds. The van der Waals surface area contributed by atoms with Crippen LogP contribution in [0.15, 0.2) is 0 Å². The number of rotatable bonds is 3. The van der Waals surface area contributed by atoms with Crippen molar-refractivity contribution in [1.82, 2.24) is 0 Å². The number of hydrogen-bond acceptors (Lipinski definition) is 4. The Labute approximate surface area is 79.6 Å². The van der Waals surface area contributed by atoms with Gasteiger partial charge in [-0.3, -0.25) is 0 Å². The molecule has 0 bridgehead atoms. The van der Waals surface area contributed by atoms with Crippen molar-refractivity contribution in [3.8, 4) is 0 Å². The molecular weight excluding hydrogens is 215 g/mol. The SMILES string of the molecule is Cl.Cl.O=C(O)C(O)C(O)C(=O)O. The van der Waals surface area contributed by atoms with E-state index in [2.05, 4.69) is 0 Å². The molecule has 0 aromatic carbocycles. The Balaban J connectivity index is -0.000000405. The average molecular weight is 223 g/mol. The maximum absolute atomic E-state index is 9.77. The first-order valence-electron chi connectivity index (χ1n) is 2.28. The molecule has 12 heavy (non-hydrogen) atoms. The fourth-order valence-electron chi connectivity index (χ4n) is 0.270. The highest BCUT2D eigenvalue weighted by Gasteiger charge is 2.29. The van der Waals surface area contributed by atoms with Crippen LogP contribution in [-0.2, 0) is 9.59 Å². The molecular formula is C4H8Cl2O6. The van der Waals surface area contributed by atoms with Crippen molar-refractivity contribution in [2.75, 3.05) is 0 Å². The summed E-state index contributed by atoms with van der Waals surface area (Å²) in [5.41, 5.74) is 0. The summed E-state index contributed by atoms with van der Waals surface area (Å²) >= 11 is 0. The Bertz CT molecular complexity index is 142. The first-order valence-corrected chi connectivity index (χ1v) is 2.28.